The molecule has 7 heteroatoms. The van der Waals surface area contributed by atoms with Crippen molar-refractivity contribution >= 4 is 5.97 Å². The van der Waals surface area contributed by atoms with Gasteiger partial charge in [0.05, 0.1) is 13.2 Å². The highest BCUT2D eigenvalue weighted by atomic mass is 19.4. The smallest absolute Gasteiger partial charge is 0.420 e. The molecule has 22 heavy (non-hydrogen) atoms. The Labute approximate surface area is 126 Å². The number of hydrogen-bond acceptors (Lipinski definition) is 4. The zero-order valence-corrected chi connectivity index (χ0v) is 12.1. The van der Waals surface area contributed by atoms with E-state index in [0.717, 1.165) is 12.8 Å². The minimum Gasteiger partial charge on any atom is -0.420 e. The van der Waals surface area contributed by atoms with E-state index in [4.69, 9.17) is 9.47 Å². The van der Waals surface area contributed by atoms with E-state index in [-0.39, 0.29) is 5.75 Å². The Bertz CT molecular complexity index is 491. The fraction of sp³-hybridized carbons (Fsp3) is 0.533. The van der Waals surface area contributed by atoms with E-state index in [9.17, 15) is 18.0 Å². The first kappa shape index (κ1) is 16.8. The molecule has 0 spiro atoms. The molecular formula is C15H17F3O4. The molecule has 0 radical (unpaired) electrons. The number of hydrogen-bond donors (Lipinski definition) is 0. The van der Waals surface area contributed by atoms with E-state index < -0.39 is 18.4 Å². The molecule has 1 aliphatic rings. The summed E-state index contributed by atoms with van der Waals surface area (Å²) in [6.45, 7) is 3.26. The van der Waals surface area contributed by atoms with Crippen LogP contribution in [0.5, 0.6) is 5.75 Å². The summed E-state index contributed by atoms with van der Waals surface area (Å²) in [6.07, 6.45) is -3.47. The normalized spacial score (nSPS) is 22.4. The van der Waals surface area contributed by atoms with Gasteiger partial charge in [-0.25, -0.2) is 4.79 Å². The zero-order chi connectivity index (χ0) is 16.2. The van der Waals surface area contributed by atoms with Crippen molar-refractivity contribution in [3.05, 3.63) is 29.8 Å². The van der Waals surface area contributed by atoms with Gasteiger partial charge in [-0.05, 0) is 18.6 Å². The van der Waals surface area contributed by atoms with E-state index in [2.05, 4.69) is 11.7 Å². The number of carbonyl (C=O) groups is 1. The molecule has 0 N–H and O–H groups in total. The van der Waals surface area contributed by atoms with Gasteiger partial charge in [-0.1, -0.05) is 25.5 Å². The van der Waals surface area contributed by atoms with Crippen LogP contribution in [0.3, 0.4) is 0 Å². The van der Waals surface area contributed by atoms with Crippen molar-refractivity contribution < 1.29 is 32.2 Å². The lowest BCUT2D eigenvalue weighted by Crippen LogP contribution is -2.28. The molecule has 0 aliphatic carbocycles. The number of alkyl halides is 3. The molecular weight excluding hydrogens is 301 g/mol. The molecule has 0 atom stereocenters. The van der Waals surface area contributed by atoms with Crippen molar-refractivity contribution in [2.45, 2.75) is 32.2 Å². The van der Waals surface area contributed by atoms with E-state index >= 15 is 0 Å². The van der Waals surface area contributed by atoms with Gasteiger partial charge in [-0.2, -0.15) is 13.2 Å². The van der Waals surface area contributed by atoms with Crippen LogP contribution >= 0.6 is 0 Å². The van der Waals surface area contributed by atoms with Crippen LogP contribution in [-0.2, 0) is 14.3 Å². The number of benzene rings is 1. The fourth-order valence-electron chi connectivity index (χ4n) is 2.17. The Kier molecular flexibility index (Phi) is 5.42. The number of ether oxygens (including phenoxy) is 3. The molecule has 2 rings (SSSR count). The van der Waals surface area contributed by atoms with Gasteiger partial charge in [-0.3, -0.25) is 0 Å². The summed E-state index contributed by atoms with van der Waals surface area (Å²) >= 11 is 0. The third-order valence-electron chi connectivity index (χ3n) is 3.26. The Hall–Kier alpha value is -1.60. The topological polar surface area (TPSA) is 44.8 Å². The van der Waals surface area contributed by atoms with Crippen LogP contribution in [-0.4, -0.2) is 25.4 Å². The molecule has 1 saturated heterocycles. The minimum absolute atomic E-state index is 0.175. The van der Waals surface area contributed by atoms with Gasteiger partial charge >= 0.3 is 12.1 Å². The fourth-order valence-corrected chi connectivity index (χ4v) is 2.17. The summed E-state index contributed by atoms with van der Waals surface area (Å²) in [5.74, 6) is -2.05. The zero-order valence-electron chi connectivity index (χ0n) is 12.1. The van der Waals surface area contributed by atoms with Crippen LogP contribution in [0.2, 0.25) is 0 Å². The summed E-state index contributed by atoms with van der Waals surface area (Å²) in [6, 6.07) is 5.60. The number of esters is 1. The molecule has 0 saturated carbocycles. The van der Waals surface area contributed by atoms with Crippen LogP contribution < -0.4 is 4.74 Å². The summed E-state index contributed by atoms with van der Waals surface area (Å²) < 4.78 is 51.7. The lowest BCUT2D eigenvalue weighted by Gasteiger charge is -2.29. The van der Waals surface area contributed by atoms with E-state index in [1.54, 1.807) is 0 Å². The van der Waals surface area contributed by atoms with Gasteiger partial charge in [0, 0.05) is 11.5 Å². The third kappa shape index (κ3) is 4.45. The van der Waals surface area contributed by atoms with Crippen molar-refractivity contribution in [2.24, 2.45) is 5.92 Å². The van der Waals surface area contributed by atoms with Crippen molar-refractivity contribution in [2.75, 3.05) is 13.2 Å². The SMILES string of the molecule is CCCC1COC(c2ccc(OC(=O)C(F)(F)F)cc2)OC1. The third-order valence-corrected chi connectivity index (χ3v) is 3.26. The lowest BCUT2D eigenvalue weighted by atomic mass is 10.1. The van der Waals surface area contributed by atoms with E-state index in [1.165, 1.54) is 24.3 Å². The summed E-state index contributed by atoms with van der Waals surface area (Å²) in [5.41, 5.74) is 0.668. The maximum Gasteiger partial charge on any atom is 0.491 e. The van der Waals surface area contributed by atoms with Crippen LogP contribution in [0.15, 0.2) is 24.3 Å². The monoisotopic (exact) mass is 318 g/mol. The van der Waals surface area contributed by atoms with Crippen molar-refractivity contribution in [1.29, 1.82) is 0 Å². The number of carbonyl (C=O) groups excluding carboxylic acids is 1. The highest BCUT2D eigenvalue weighted by Gasteiger charge is 2.41. The van der Waals surface area contributed by atoms with Crippen LogP contribution in [0.25, 0.3) is 0 Å². The molecule has 4 nitrogen and oxygen atoms in total. The maximum atomic E-state index is 12.1. The lowest BCUT2D eigenvalue weighted by molar-refractivity contribution is -0.206. The molecule has 1 aromatic rings. The predicted molar refractivity (Wildman–Crippen MR) is 71.2 cm³/mol. The molecule has 0 amide bonds. The molecule has 122 valence electrons. The number of halogens is 3. The summed E-state index contributed by atoms with van der Waals surface area (Å²) in [5, 5.41) is 0. The number of rotatable bonds is 4. The summed E-state index contributed by atoms with van der Waals surface area (Å²) in [7, 11) is 0. The molecule has 1 heterocycles. The average Bonchev–Trinajstić information content (AvgIpc) is 2.48. The van der Waals surface area contributed by atoms with Crippen LogP contribution in [0, 0.1) is 5.92 Å². The molecule has 0 aromatic heterocycles. The van der Waals surface area contributed by atoms with Crippen molar-refractivity contribution in [3.8, 4) is 5.75 Å². The highest BCUT2D eigenvalue weighted by molar-refractivity contribution is 5.78. The Morgan fingerprint density at radius 1 is 1.23 bits per heavy atom. The second-order valence-electron chi connectivity index (χ2n) is 5.11. The first-order chi connectivity index (χ1) is 10.4. The standard InChI is InChI=1S/C15H17F3O4/c1-2-3-10-8-20-13(21-9-10)11-4-6-12(7-5-11)22-14(19)15(16,17)18/h4-7,10,13H,2-3,8-9H2,1H3. The van der Waals surface area contributed by atoms with Gasteiger partial charge in [0.25, 0.3) is 0 Å². The van der Waals surface area contributed by atoms with Gasteiger partial charge in [0.15, 0.2) is 6.29 Å². The van der Waals surface area contributed by atoms with Crippen LogP contribution in [0.4, 0.5) is 13.2 Å². The average molecular weight is 318 g/mol. The largest absolute Gasteiger partial charge is 0.491 e. The van der Waals surface area contributed by atoms with Crippen LogP contribution in [0.1, 0.15) is 31.6 Å². The molecule has 1 aromatic carbocycles. The summed E-state index contributed by atoms with van der Waals surface area (Å²) in [4.78, 5) is 10.7. The van der Waals surface area contributed by atoms with Gasteiger partial charge in [0.2, 0.25) is 0 Å². The quantitative estimate of drug-likeness (QED) is 0.628. The van der Waals surface area contributed by atoms with Crippen molar-refractivity contribution in [3.63, 3.8) is 0 Å². The first-order valence-corrected chi connectivity index (χ1v) is 7.02. The Balaban J connectivity index is 1.91. The second kappa shape index (κ2) is 7.11. The molecule has 0 bridgehead atoms. The van der Waals surface area contributed by atoms with E-state index in [1.807, 2.05) is 0 Å². The Morgan fingerprint density at radius 3 is 2.32 bits per heavy atom. The van der Waals surface area contributed by atoms with E-state index in [0.29, 0.717) is 24.7 Å². The van der Waals surface area contributed by atoms with Gasteiger partial charge < -0.3 is 14.2 Å². The highest BCUT2D eigenvalue weighted by Crippen LogP contribution is 2.28. The maximum absolute atomic E-state index is 12.1. The molecule has 1 fully saturated rings. The predicted octanol–water partition coefficient (Wildman–Crippen LogP) is 3.62. The van der Waals surface area contributed by atoms with Gasteiger partial charge in [0.1, 0.15) is 5.75 Å². The van der Waals surface area contributed by atoms with Gasteiger partial charge in [-0.15, -0.1) is 0 Å². The van der Waals surface area contributed by atoms with Crippen molar-refractivity contribution in [1.82, 2.24) is 0 Å². The second-order valence-corrected chi connectivity index (χ2v) is 5.11. The Morgan fingerprint density at radius 2 is 1.82 bits per heavy atom. The first-order valence-electron chi connectivity index (χ1n) is 7.02. The minimum atomic E-state index is -5.01. The molecule has 0 unspecified atom stereocenters. The molecule has 1 aliphatic heterocycles.